The lowest BCUT2D eigenvalue weighted by Gasteiger charge is -2.35. The van der Waals surface area contributed by atoms with Crippen molar-refractivity contribution in [3.05, 3.63) is 23.8 Å². The number of nitrogens with zero attached hydrogens (tertiary/aromatic N) is 1. The van der Waals surface area contributed by atoms with E-state index in [-0.39, 0.29) is 0 Å². The van der Waals surface area contributed by atoms with Gasteiger partial charge in [0, 0.05) is 13.1 Å². The first-order valence-corrected chi connectivity index (χ1v) is 7.58. The highest BCUT2D eigenvalue weighted by molar-refractivity contribution is 5.44. The summed E-state index contributed by atoms with van der Waals surface area (Å²) in [5.74, 6) is 3.42. The number of ether oxygens (including phenoxy) is 2. The highest BCUT2D eigenvalue weighted by Crippen LogP contribution is 2.32. The molecule has 1 heterocycles. The number of piperidine rings is 1. The summed E-state index contributed by atoms with van der Waals surface area (Å²) in [6.45, 7) is 7.93. The summed E-state index contributed by atoms with van der Waals surface area (Å²) in [6, 6.07) is 6.01. The Morgan fingerprint density at radius 1 is 1.20 bits per heavy atom. The monoisotopic (exact) mass is 277 g/mol. The normalized spacial score (nSPS) is 20.1. The predicted molar refractivity (Wildman–Crippen MR) is 82.4 cm³/mol. The van der Waals surface area contributed by atoms with E-state index in [1.165, 1.54) is 31.5 Å². The summed E-state index contributed by atoms with van der Waals surface area (Å²) in [7, 11) is 3.46. The molecular formula is C17H27NO2. The largest absolute Gasteiger partial charge is 0.496 e. The van der Waals surface area contributed by atoms with Crippen molar-refractivity contribution in [1.29, 1.82) is 0 Å². The van der Waals surface area contributed by atoms with Crippen LogP contribution in [0.3, 0.4) is 0 Å². The van der Waals surface area contributed by atoms with Crippen LogP contribution in [-0.4, -0.2) is 32.2 Å². The molecule has 0 saturated carbocycles. The topological polar surface area (TPSA) is 21.7 Å². The summed E-state index contributed by atoms with van der Waals surface area (Å²) in [6.07, 6.45) is 2.65. The molecule has 0 spiro atoms. The second-order valence-electron chi connectivity index (χ2n) is 6.02. The lowest BCUT2D eigenvalue weighted by Crippen LogP contribution is -2.37. The minimum atomic E-state index is 0.761. The molecule has 1 aromatic rings. The molecule has 1 aromatic carbocycles. The number of methoxy groups -OCH3 is 2. The second-order valence-corrected chi connectivity index (χ2v) is 6.02. The molecule has 3 nitrogen and oxygen atoms in total. The second kappa shape index (κ2) is 6.98. The van der Waals surface area contributed by atoms with Crippen molar-refractivity contribution in [1.82, 2.24) is 4.90 Å². The lowest BCUT2D eigenvalue weighted by atomic mass is 9.88. The standard InChI is InChI=1S/C17H27NO2/c1-13(2)14-7-6-10-18(11-14)12-15-16(19-3)8-5-9-17(15)20-4/h5,8-9,13-14H,6-7,10-12H2,1-4H3. The molecule has 20 heavy (non-hydrogen) atoms. The highest BCUT2D eigenvalue weighted by Gasteiger charge is 2.24. The quantitative estimate of drug-likeness (QED) is 0.821. The fourth-order valence-electron chi connectivity index (χ4n) is 3.09. The average molecular weight is 277 g/mol. The van der Waals surface area contributed by atoms with Crippen molar-refractivity contribution in [3.63, 3.8) is 0 Å². The molecule has 0 aromatic heterocycles. The van der Waals surface area contributed by atoms with Gasteiger partial charge in [-0.05, 0) is 43.4 Å². The van der Waals surface area contributed by atoms with Gasteiger partial charge >= 0.3 is 0 Å². The van der Waals surface area contributed by atoms with E-state index < -0.39 is 0 Å². The number of benzene rings is 1. The summed E-state index contributed by atoms with van der Waals surface area (Å²) >= 11 is 0. The van der Waals surface area contributed by atoms with Gasteiger partial charge in [0.25, 0.3) is 0 Å². The zero-order valence-corrected chi connectivity index (χ0v) is 13.2. The van der Waals surface area contributed by atoms with E-state index in [4.69, 9.17) is 9.47 Å². The zero-order chi connectivity index (χ0) is 14.5. The van der Waals surface area contributed by atoms with Crippen molar-refractivity contribution in [2.24, 2.45) is 11.8 Å². The number of hydrogen-bond donors (Lipinski definition) is 0. The molecule has 1 aliphatic heterocycles. The molecule has 1 unspecified atom stereocenters. The van der Waals surface area contributed by atoms with Crippen molar-refractivity contribution in [3.8, 4) is 11.5 Å². The molecule has 3 heteroatoms. The van der Waals surface area contributed by atoms with E-state index in [9.17, 15) is 0 Å². The van der Waals surface area contributed by atoms with E-state index in [1.807, 2.05) is 18.2 Å². The van der Waals surface area contributed by atoms with Gasteiger partial charge in [-0.25, -0.2) is 0 Å². The molecule has 2 rings (SSSR count). The maximum absolute atomic E-state index is 5.50. The fourth-order valence-corrected chi connectivity index (χ4v) is 3.09. The molecule has 0 aliphatic carbocycles. The molecule has 1 atom stereocenters. The molecule has 0 amide bonds. The van der Waals surface area contributed by atoms with Crippen molar-refractivity contribution in [2.75, 3.05) is 27.3 Å². The van der Waals surface area contributed by atoms with Crippen LogP contribution in [0.2, 0.25) is 0 Å². The summed E-state index contributed by atoms with van der Waals surface area (Å²) < 4.78 is 11.0. The van der Waals surface area contributed by atoms with Gasteiger partial charge in [0.1, 0.15) is 11.5 Å². The Bertz CT molecular complexity index is 409. The molecule has 112 valence electrons. The van der Waals surface area contributed by atoms with Gasteiger partial charge in [-0.15, -0.1) is 0 Å². The van der Waals surface area contributed by atoms with Crippen molar-refractivity contribution in [2.45, 2.75) is 33.2 Å². The zero-order valence-electron chi connectivity index (χ0n) is 13.2. The Labute approximate surface area is 122 Å². The molecule has 1 saturated heterocycles. The third kappa shape index (κ3) is 3.45. The minimum Gasteiger partial charge on any atom is -0.496 e. The Hall–Kier alpha value is -1.22. The maximum atomic E-state index is 5.50. The van der Waals surface area contributed by atoms with Gasteiger partial charge in [-0.2, -0.15) is 0 Å². The molecular weight excluding hydrogens is 250 g/mol. The predicted octanol–water partition coefficient (Wildman–Crippen LogP) is 3.57. The SMILES string of the molecule is COc1cccc(OC)c1CN1CCCC(C(C)C)C1. The Kier molecular flexibility index (Phi) is 5.30. The Balaban J connectivity index is 2.13. The first-order chi connectivity index (χ1) is 9.65. The number of hydrogen-bond acceptors (Lipinski definition) is 3. The molecule has 1 aliphatic rings. The van der Waals surface area contributed by atoms with Crippen molar-refractivity contribution < 1.29 is 9.47 Å². The van der Waals surface area contributed by atoms with Crippen LogP contribution in [0.5, 0.6) is 11.5 Å². The Morgan fingerprint density at radius 2 is 1.85 bits per heavy atom. The number of rotatable bonds is 5. The smallest absolute Gasteiger partial charge is 0.127 e. The molecule has 0 radical (unpaired) electrons. The van der Waals surface area contributed by atoms with Crippen LogP contribution in [-0.2, 0) is 6.54 Å². The van der Waals surface area contributed by atoms with Gasteiger partial charge in [-0.3, -0.25) is 4.90 Å². The minimum absolute atomic E-state index is 0.761. The highest BCUT2D eigenvalue weighted by atomic mass is 16.5. The van der Waals surface area contributed by atoms with Gasteiger partial charge in [-0.1, -0.05) is 19.9 Å². The van der Waals surface area contributed by atoms with Crippen LogP contribution in [0.1, 0.15) is 32.3 Å². The average Bonchev–Trinajstić information content (AvgIpc) is 2.47. The van der Waals surface area contributed by atoms with Gasteiger partial charge in [0.15, 0.2) is 0 Å². The van der Waals surface area contributed by atoms with Gasteiger partial charge in [0.2, 0.25) is 0 Å². The van der Waals surface area contributed by atoms with E-state index >= 15 is 0 Å². The first-order valence-electron chi connectivity index (χ1n) is 7.58. The van der Waals surface area contributed by atoms with E-state index in [0.717, 1.165) is 29.9 Å². The summed E-state index contributed by atoms with van der Waals surface area (Å²) in [4.78, 5) is 2.54. The molecule has 0 bridgehead atoms. The first kappa shape index (κ1) is 15.2. The van der Waals surface area contributed by atoms with E-state index in [0.29, 0.717) is 0 Å². The van der Waals surface area contributed by atoms with Crippen LogP contribution < -0.4 is 9.47 Å². The van der Waals surface area contributed by atoms with Crippen LogP contribution in [0.4, 0.5) is 0 Å². The molecule has 1 fully saturated rings. The Morgan fingerprint density at radius 3 is 2.40 bits per heavy atom. The van der Waals surface area contributed by atoms with Crippen molar-refractivity contribution >= 4 is 0 Å². The maximum Gasteiger partial charge on any atom is 0.127 e. The van der Waals surface area contributed by atoms with Crippen LogP contribution in [0.25, 0.3) is 0 Å². The number of likely N-dealkylation sites (tertiary alicyclic amines) is 1. The van der Waals surface area contributed by atoms with E-state index in [2.05, 4.69) is 18.7 Å². The lowest BCUT2D eigenvalue weighted by molar-refractivity contribution is 0.137. The van der Waals surface area contributed by atoms with Crippen LogP contribution in [0.15, 0.2) is 18.2 Å². The summed E-state index contributed by atoms with van der Waals surface area (Å²) in [5, 5.41) is 0. The van der Waals surface area contributed by atoms with E-state index in [1.54, 1.807) is 14.2 Å². The molecule has 0 N–H and O–H groups in total. The summed E-state index contributed by atoms with van der Waals surface area (Å²) in [5.41, 5.74) is 1.17. The van der Waals surface area contributed by atoms with Crippen LogP contribution >= 0.6 is 0 Å². The fraction of sp³-hybridized carbons (Fsp3) is 0.647. The third-order valence-corrected chi connectivity index (χ3v) is 4.40. The van der Waals surface area contributed by atoms with Gasteiger partial charge in [0.05, 0.1) is 19.8 Å². The van der Waals surface area contributed by atoms with Crippen LogP contribution in [0, 0.1) is 11.8 Å². The third-order valence-electron chi connectivity index (χ3n) is 4.40. The van der Waals surface area contributed by atoms with Gasteiger partial charge < -0.3 is 9.47 Å².